The van der Waals surface area contributed by atoms with E-state index in [9.17, 15) is 0 Å². The highest BCUT2D eigenvalue weighted by Crippen LogP contribution is 2.22. The van der Waals surface area contributed by atoms with Crippen LogP contribution in [-0.4, -0.2) is 13.7 Å². The van der Waals surface area contributed by atoms with E-state index >= 15 is 0 Å². The number of aryl methyl sites for hydroxylation is 3. The molecule has 0 aliphatic carbocycles. The summed E-state index contributed by atoms with van der Waals surface area (Å²) in [5, 5.41) is 0. The fourth-order valence-electron chi connectivity index (χ4n) is 10.5. The van der Waals surface area contributed by atoms with E-state index in [-0.39, 0.29) is 0 Å². The second kappa shape index (κ2) is 40.4. The molecule has 0 saturated carbocycles. The third kappa shape index (κ3) is 27.9. The van der Waals surface area contributed by atoms with Crippen LogP contribution < -0.4 is 13.7 Å². The zero-order chi connectivity index (χ0) is 48.5. The van der Waals surface area contributed by atoms with Crippen molar-refractivity contribution in [1.82, 2.24) is 13.7 Å². The molecule has 1 aromatic carbocycles. The fourth-order valence-corrected chi connectivity index (χ4v) is 10.5. The minimum absolute atomic E-state index is 1.09. The molecule has 4 rings (SSSR count). The molecule has 6 nitrogen and oxygen atoms in total. The van der Waals surface area contributed by atoms with Crippen LogP contribution in [-0.2, 0) is 19.6 Å². The third-order valence-corrected chi connectivity index (χ3v) is 15.2. The van der Waals surface area contributed by atoms with Crippen molar-refractivity contribution in [3.63, 3.8) is 0 Å². The highest BCUT2D eigenvalue weighted by Gasteiger charge is 2.18. The fraction of sp³-hybridized carbons (Fsp3) is 0.762. The maximum Gasteiger partial charge on any atom is 0.248 e. The molecule has 0 aliphatic rings. The van der Waals surface area contributed by atoms with Gasteiger partial charge in [-0.1, -0.05) is 252 Å². The van der Waals surface area contributed by atoms with Crippen LogP contribution in [0, 0.1) is 0 Å². The van der Waals surface area contributed by atoms with Gasteiger partial charge >= 0.3 is 0 Å². The van der Waals surface area contributed by atoms with Crippen LogP contribution in [0.5, 0.6) is 0 Å². The van der Waals surface area contributed by atoms with E-state index in [0.717, 1.165) is 19.6 Å². The predicted molar refractivity (Wildman–Crippen MR) is 296 cm³/mol. The van der Waals surface area contributed by atoms with Gasteiger partial charge in [0, 0.05) is 18.2 Å². The predicted octanol–water partition coefficient (Wildman–Crippen LogP) is 18.4. The molecule has 0 saturated heterocycles. The van der Waals surface area contributed by atoms with Gasteiger partial charge in [0.15, 0.2) is 0 Å². The van der Waals surface area contributed by atoms with E-state index in [2.05, 4.69) is 123 Å². The first-order chi connectivity index (χ1) is 34.2. The summed E-state index contributed by atoms with van der Waals surface area (Å²) in [4.78, 5) is 0. The lowest BCUT2D eigenvalue weighted by atomic mass is 10.0. The van der Waals surface area contributed by atoms with Gasteiger partial charge in [0.1, 0.15) is 54.2 Å². The SMILES string of the molecule is CCCCCCCCCCCCCCCC[n+]1ccn(-c2cc(-n3cc[n+](CCCCCCCCCCCCCCCC)c3)cc(-n3cc[n+](CCCCCCCCCCCCCCCC)c3)c2)c1. The zero-order valence-electron chi connectivity index (χ0n) is 45.9. The largest absolute Gasteiger partial charge is 0.248 e. The average Bonchev–Trinajstić information content (AvgIpc) is 4.17. The molecule has 0 spiro atoms. The van der Waals surface area contributed by atoms with Crippen molar-refractivity contribution >= 4 is 0 Å². The molecule has 3 aromatic heterocycles. The Kier molecular flexibility index (Phi) is 34.2. The maximum atomic E-state index is 2.40. The van der Waals surface area contributed by atoms with E-state index < -0.39 is 0 Å². The smallest absolute Gasteiger partial charge is 0.236 e. The standard InChI is InChI=1S/C63H111N6/c1-4-7-10-13-16-19-22-25-28-31-34-37-40-43-46-64-49-52-67(58-64)61-55-62(68-53-50-65(59-68)47-44-41-38-35-32-29-26-23-20-17-14-11-8-5-2)57-63(56-61)69-54-51-66(60-69)48-45-42-39-36-33-30-27-24-21-18-15-12-9-6-3/h49-60H,4-48H2,1-3H3/q+3. The van der Waals surface area contributed by atoms with E-state index in [1.165, 1.54) is 287 Å². The molecule has 390 valence electrons. The van der Waals surface area contributed by atoms with Crippen molar-refractivity contribution in [1.29, 1.82) is 0 Å². The van der Waals surface area contributed by atoms with E-state index in [1.54, 1.807) is 0 Å². The lowest BCUT2D eigenvalue weighted by Gasteiger charge is -2.04. The summed E-state index contributed by atoms with van der Waals surface area (Å²) in [7, 11) is 0. The van der Waals surface area contributed by atoms with Crippen LogP contribution in [0.3, 0.4) is 0 Å². The van der Waals surface area contributed by atoms with Gasteiger partial charge in [-0.3, -0.25) is 0 Å². The number of benzene rings is 1. The molecule has 69 heavy (non-hydrogen) atoms. The van der Waals surface area contributed by atoms with Crippen LogP contribution in [0.15, 0.2) is 74.4 Å². The molecular formula is C63H111N6+3. The number of aromatic nitrogens is 6. The number of unbranched alkanes of at least 4 members (excludes halogenated alkanes) is 39. The molecule has 0 unspecified atom stereocenters. The molecule has 0 amide bonds. The Morgan fingerprint density at radius 2 is 0.420 bits per heavy atom. The molecule has 0 atom stereocenters. The maximum absolute atomic E-state index is 2.40. The summed E-state index contributed by atoms with van der Waals surface area (Å²) in [5.41, 5.74) is 3.63. The van der Waals surface area contributed by atoms with Gasteiger partial charge in [0.25, 0.3) is 0 Å². The van der Waals surface area contributed by atoms with Crippen molar-refractivity contribution in [2.45, 2.75) is 310 Å². The summed E-state index contributed by atoms with van der Waals surface area (Å²) < 4.78 is 14.2. The minimum atomic E-state index is 1.09. The first kappa shape index (κ1) is 58.4. The molecular weight excluding hydrogens is 841 g/mol. The topological polar surface area (TPSA) is 26.4 Å². The third-order valence-electron chi connectivity index (χ3n) is 15.2. The Hall–Kier alpha value is -3.15. The second-order valence-electron chi connectivity index (χ2n) is 21.7. The Bertz CT molecular complexity index is 1530. The minimum Gasteiger partial charge on any atom is -0.236 e. The van der Waals surface area contributed by atoms with Crippen molar-refractivity contribution in [3.8, 4) is 17.1 Å². The Balaban J connectivity index is 1.23. The second-order valence-corrected chi connectivity index (χ2v) is 21.7. The van der Waals surface area contributed by atoms with Crippen LogP contribution in [0.2, 0.25) is 0 Å². The molecule has 0 aliphatic heterocycles. The quantitative estimate of drug-likeness (QED) is 0.0312. The van der Waals surface area contributed by atoms with Crippen LogP contribution in [0.4, 0.5) is 0 Å². The van der Waals surface area contributed by atoms with Crippen molar-refractivity contribution in [2.24, 2.45) is 0 Å². The number of hydrogen-bond donors (Lipinski definition) is 0. The monoisotopic (exact) mass is 952 g/mol. The average molecular weight is 953 g/mol. The molecule has 3 heterocycles. The van der Waals surface area contributed by atoms with Crippen LogP contribution in [0.1, 0.15) is 290 Å². The Morgan fingerprint density at radius 1 is 0.246 bits per heavy atom. The molecule has 0 radical (unpaired) electrons. The Labute approximate surface area is 427 Å². The van der Waals surface area contributed by atoms with E-state index in [0.29, 0.717) is 0 Å². The van der Waals surface area contributed by atoms with Crippen LogP contribution >= 0.6 is 0 Å². The summed E-state index contributed by atoms with van der Waals surface area (Å²) in [6.07, 6.45) is 79.4. The van der Waals surface area contributed by atoms with Gasteiger partial charge in [-0.25, -0.2) is 27.4 Å². The Morgan fingerprint density at radius 3 is 0.609 bits per heavy atom. The lowest BCUT2D eigenvalue weighted by Crippen LogP contribution is -2.31. The number of rotatable bonds is 48. The highest BCUT2D eigenvalue weighted by atomic mass is 15.1. The van der Waals surface area contributed by atoms with Crippen LogP contribution in [0.25, 0.3) is 17.1 Å². The highest BCUT2D eigenvalue weighted by molar-refractivity contribution is 5.53. The zero-order valence-corrected chi connectivity index (χ0v) is 45.9. The van der Waals surface area contributed by atoms with Gasteiger partial charge < -0.3 is 0 Å². The first-order valence-electron chi connectivity index (χ1n) is 30.6. The molecule has 0 N–H and O–H groups in total. The molecule has 6 heteroatoms. The van der Waals surface area contributed by atoms with Crippen molar-refractivity contribution < 1.29 is 13.7 Å². The number of nitrogens with zero attached hydrogens (tertiary/aromatic N) is 6. The lowest BCUT2D eigenvalue weighted by molar-refractivity contribution is -0.696. The summed E-state index contributed by atoms with van der Waals surface area (Å²) >= 11 is 0. The normalized spacial score (nSPS) is 11.7. The molecule has 0 fully saturated rings. The summed E-state index contributed by atoms with van der Waals surface area (Å²) in [6, 6.07) is 7.09. The van der Waals surface area contributed by atoms with E-state index in [1.807, 2.05) is 0 Å². The van der Waals surface area contributed by atoms with Gasteiger partial charge in [0.05, 0.1) is 19.6 Å². The van der Waals surface area contributed by atoms with E-state index in [4.69, 9.17) is 0 Å². The number of imidazole rings is 3. The summed E-state index contributed by atoms with van der Waals surface area (Å²) in [5.74, 6) is 0. The first-order valence-corrected chi connectivity index (χ1v) is 30.6. The van der Waals surface area contributed by atoms with Gasteiger partial charge in [-0.2, -0.15) is 0 Å². The van der Waals surface area contributed by atoms with Gasteiger partial charge in [-0.05, 0) is 38.5 Å². The van der Waals surface area contributed by atoms with Crippen molar-refractivity contribution in [3.05, 3.63) is 74.4 Å². The number of hydrogen-bond acceptors (Lipinski definition) is 0. The summed E-state index contributed by atoms with van der Waals surface area (Å²) in [6.45, 7) is 10.2. The molecule has 0 bridgehead atoms. The molecule has 4 aromatic rings. The van der Waals surface area contributed by atoms with Crippen molar-refractivity contribution in [2.75, 3.05) is 0 Å². The van der Waals surface area contributed by atoms with Gasteiger partial charge in [0.2, 0.25) is 19.0 Å². The van der Waals surface area contributed by atoms with Gasteiger partial charge in [-0.15, -0.1) is 0 Å².